The van der Waals surface area contributed by atoms with Crippen molar-refractivity contribution < 1.29 is 0 Å². The maximum Gasteiger partial charge on any atom is 0.223 e. The van der Waals surface area contributed by atoms with Gasteiger partial charge in [0.05, 0.1) is 5.69 Å². The summed E-state index contributed by atoms with van der Waals surface area (Å²) in [4.78, 5) is 9.09. The van der Waals surface area contributed by atoms with Gasteiger partial charge in [0.15, 0.2) is 5.65 Å². The summed E-state index contributed by atoms with van der Waals surface area (Å²) in [5.74, 6) is 0.806. The van der Waals surface area contributed by atoms with Gasteiger partial charge in [0.25, 0.3) is 0 Å². The summed E-state index contributed by atoms with van der Waals surface area (Å²) in [5, 5.41) is 7.62. The number of aromatic nitrogens is 4. The highest BCUT2D eigenvalue weighted by atomic mass is 15.3. The van der Waals surface area contributed by atoms with Crippen LogP contribution in [0.1, 0.15) is 24.3 Å². The quantitative estimate of drug-likeness (QED) is 0.753. The monoisotopic (exact) mass is 294 g/mol. The maximum absolute atomic E-state index is 6.07. The van der Waals surface area contributed by atoms with Crippen molar-refractivity contribution in [2.45, 2.75) is 18.8 Å². The number of fused-ring (bicyclic) bond motifs is 1. The Labute approximate surface area is 128 Å². The van der Waals surface area contributed by atoms with Crippen molar-refractivity contribution in [2.24, 2.45) is 0 Å². The van der Waals surface area contributed by atoms with Gasteiger partial charge in [-0.05, 0) is 31.8 Å². The smallest absolute Gasteiger partial charge is 0.223 e. The van der Waals surface area contributed by atoms with E-state index in [9.17, 15) is 0 Å². The number of benzene rings is 1. The number of nitrogen functional groups attached to an aromatic ring is 1. The van der Waals surface area contributed by atoms with E-state index >= 15 is 0 Å². The molecule has 0 radical (unpaired) electrons. The number of nitrogens with one attached hydrogen (secondary N) is 1. The molecular weight excluding hydrogens is 276 g/mol. The highest BCUT2D eigenvalue weighted by Crippen LogP contribution is 2.35. The van der Waals surface area contributed by atoms with Crippen molar-refractivity contribution in [1.29, 1.82) is 0 Å². The van der Waals surface area contributed by atoms with Crippen LogP contribution in [0.4, 0.5) is 5.95 Å². The number of piperidine rings is 1. The average molecular weight is 294 g/mol. The van der Waals surface area contributed by atoms with Gasteiger partial charge in [0, 0.05) is 11.1 Å². The standard InChI is InChI=1S/C16H18N6/c17-16-21-14(12-4-2-1-3-5-12)13(11-6-8-18-9-7-11)15-19-10-20-22(15)16/h1-5,10-11,18H,6-9H2,(H2,17,21). The van der Waals surface area contributed by atoms with Gasteiger partial charge in [-0.3, -0.25) is 0 Å². The fraction of sp³-hybridized carbons (Fsp3) is 0.312. The zero-order valence-electron chi connectivity index (χ0n) is 12.2. The first-order chi connectivity index (χ1) is 10.8. The molecule has 0 amide bonds. The van der Waals surface area contributed by atoms with E-state index in [-0.39, 0.29) is 0 Å². The Bertz CT molecular complexity index is 789. The van der Waals surface area contributed by atoms with E-state index in [1.165, 1.54) is 5.56 Å². The highest BCUT2D eigenvalue weighted by molar-refractivity contribution is 5.72. The molecule has 1 aromatic carbocycles. The average Bonchev–Trinajstić information content (AvgIpc) is 3.06. The van der Waals surface area contributed by atoms with Crippen LogP contribution in [0.2, 0.25) is 0 Å². The van der Waals surface area contributed by atoms with Gasteiger partial charge in [-0.25, -0.2) is 9.97 Å². The van der Waals surface area contributed by atoms with Gasteiger partial charge in [0.2, 0.25) is 5.95 Å². The Morgan fingerprint density at radius 3 is 2.68 bits per heavy atom. The Balaban J connectivity index is 1.97. The second-order valence-corrected chi connectivity index (χ2v) is 5.62. The molecule has 22 heavy (non-hydrogen) atoms. The largest absolute Gasteiger partial charge is 0.368 e. The van der Waals surface area contributed by atoms with E-state index in [2.05, 4.69) is 32.5 Å². The third kappa shape index (κ3) is 2.12. The number of hydrogen-bond donors (Lipinski definition) is 2. The third-order valence-corrected chi connectivity index (χ3v) is 4.28. The normalized spacial score (nSPS) is 16.2. The Hall–Kier alpha value is -2.47. The van der Waals surface area contributed by atoms with E-state index < -0.39 is 0 Å². The van der Waals surface area contributed by atoms with Crippen LogP contribution in [0.25, 0.3) is 16.9 Å². The van der Waals surface area contributed by atoms with Crippen molar-refractivity contribution in [1.82, 2.24) is 24.9 Å². The van der Waals surface area contributed by atoms with Crippen LogP contribution in [0.3, 0.4) is 0 Å². The lowest BCUT2D eigenvalue weighted by Gasteiger charge is -2.25. The predicted octanol–water partition coefficient (Wildman–Crippen LogP) is 1.84. The zero-order valence-corrected chi connectivity index (χ0v) is 12.2. The van der Waals surface area contributed by atoms with Crippen LogP contribution < -0.4 is 11.1 Å². The molecule has 1 saturated heterocycles. The van der Waals surface area contributed by atoms with Crippen molar-refractivity contribution in [3.8, 4) is 11.3 Å². The second-order valence-electron chi connectivity index (χ2n) is 5.62. The minimum atomic E-state index is 0.379. The molecule has 3 N–H and O–H groups in total. The second kappa shape index (κ2) is 5.38. The van der Waals surface area contributed by atoms with E-state index in [1.807, 2.05) is 18.2 Å². The number of nitrogens with two attached hydrogens (primary N) is 1. The van der Waals surface area contributed by atoms with Crippen LogP contribution in [0.5, 0.6) is 0 Å². The van der Waals surface area contributed by atoms with Gasteiger partial charge in [-0.2, -0.15) is 9.61 Å². The van der Waals surface area contributed by atoms with Crippen LogP contribution in [-0.4, -0.2) is 32.7 Å². The fourth-order valence-corrected chi connectivity index (χ4v) is 3.22. The number of nitrogens with zero attached hydrogens (tertiary/aromatic N) is 4. The van der Waals surface area contributed by atoms with Crippen LogP contribution >= 0.6 is 0 Å². The molecule has 1 aliphatic rings. The first-order valence-electron chi connectivity index (χ1n) is 7.60. The molecule has 0 unspecified atom stereocenters. The topological polar surface area (TPSA) is 81.1 Å². The molecule has 0 bridgehead atoms. The third-order valence-electron chi connectivity index (χ3n) is 4.28. The minimum Gasteiger partial charge on any atom is -0.368 e. The summed E-state index contributed by atoms with van der Waals surface area (Å²) in [6, 6.07) is 10.2. The summed E-state index contributed by atoms with van der Waals surface area (Å²) in [5.41, 5.74) is 10.1. The first-order valence-corrected chi connectivity index (χ1v) is 7.60. The molecule has 3 heterocycles. The van der Waals surface area contributed by atoms with E-state index in [0.717, 1.165) is 42.8 Å². The van der Waals surface area contributed by atoms with Crippen molar-refractivity contribution in [3.05, 3.63) is 42.2 Å². The molecule has 2 aromatic heterocycles. The lowest BCUT2D eigenvalue weighted by molar-refractivity contribution is 0.461. The van der Waals surface area contributed by atoms with Crippen LogP contribution in [0.15, 0.2) is 36.7 Å². The molecule has 4 rings (SSSR count). The molecule has 0 saturated carbocycles. The van der Waals surface area contributed by atoms with Crippen LogP contribution in [-0.2, 0) is 0 Å². The molecule has 0 spiro atoms. The molecule has 0 aliphatic carbocycles. The van der Waals surface area contributed by atoms with E-state index in [0.29, 0.717) is 11.9 Å². The summed E-state index contributed by atoms with van der Waals surface area (Å²) >= 11 is 0. The highest BCUT2D eigenvalue weighted by Gasteiger charge is 2.25. The molecule has 6 nitrogen and oxygen atoms in total. The molecule has 0 atom stereocenters. The Morgan fingerprint density at radius 2 is 1.91 bits per heavy atom. The summed E-state index contributed by atoms with van der Waals surface area (Å²) in [6.45, 7) is 2.03. The number of anilines is 1. The van der Waals surface area contributed by atoms with Crippen molar-refractivity contribution >= 4 is 11.6 Å². The Morgan fingerprint density at radius 1 is 1.14 bits per heavy atom. The number of hydrogen-bond acceptors (Lipinski definition) is 5. The van der Waals surface area contributed by atoms with E-state index in [1.54, 1.807) is 10.8 Å². The lowest BCUT2D eigenvalue weighted by Crippen LogP contribution is -2.27. The van der Waals surface area contributed by atoms with Gasteiger partial charge in [-0.15, -0.1) is 0 Å². The molecule has 6 heteroatoms. The molecule has 1 fully saturated rings. The zero-order chi connectivity index (χ0) is 14.9. The summed E-state index contributed by atoms with van der Waals surface area (Å²) in [7, 11) is 0. The van der Waals surface area contributed by atoms with Crippen LogP contribution in [0, 0.1) is 0 Å². The molecular formula is C16H18N6. The van der Waals surface area contributed by atoms with Gasteiger partial charge in [-0.1, -0.05) is 30.3 Å². The SMILES string of the molecule is Nc1nc(-c2ccccc2)c(C2CCNCC2)c2ncnn12. The predicted molar refractivity (Wildman–Crippen MR) is 85.5 cm³/mol. The fourth-order valence-electron chi connectivity index (χ4n) is 3.22. The van der Waals surface area contributed by atoms with Gasteiger partial charge in [0.1, 0.15) is 6.33 Å². The molecule has 1 aliphatic heterocycles. The van der Waals surface area contributed by atoms with Crippen molar-refractivity contribution in [2.75, 3.05) is 18.8 Å². The van der Waals surface area contributed by atoms with Gasteiger partial charge < -0.3 is 11.1 Å². The number of rotatable bonds is 2. The maximum atomic E-state index is 6.07. The van der Waals surface area contributed by atoms with Crippen molar-refractivity contribution in [3.63, 3.8) is 0 Å². The Kier molecular flexibility index (Phi) is 3.23. The summed E-state index contributed by atoms with van der Waals surface area (Å²) < 4.78 is 1.64. The van der Waals surface area contributed by atoms with Gasteiger partial charge >= 0.3 is 0 Å². The molecule has 3 aromatic rings. The summed E-state index contributed by atoms with van der Waals surface area (Å²) in [6.07, 6.45) is 3.70. The first kappa shape index (κ1) is 13.2. The molecule has 112 valence electrons. The lowest BCUT2D eigenvalue weighted by atomic mass is 9.88. The minimum absolute atomic E-state index is 0.379. The van der Waals surface area contributed by atoms with E-state index in [4.69, 9.17) is 5.73 Å².